The van der Waals surface area contributed by atoms with Gasteiger partial charge in [0.05, 0.1) is 11.1 Å². The average molecular weight is 367 g/mol. The van der Waals surface area contributed by atoms with Gasteiger partial charge in [-0.1, -0.05) is 0 Å². The minimum absolute atomic E-state index is 0.00725. The van der Waals surface area contributed by atoms with E-state index < -0.39 is 5.91 Å². The second kappa shape index (κ2) is 6.06. The molecule has 6 nitrogen and oxygen atoms in total. The number of aryl methyl sites for hydroxylation is 1. The van der Waals surface area contributed by atoms with E-state index in [0.29, 0.717) is 5.17 Å². The van der Waals surface area contributed by atoms with Gasteiger partial charge in [0.1, 0.15) is 5.82 Å². The molecule has 4 rings (SSSR count). The number of aliphatic imine (C=N–C) groups is 1. The van der Waals surface area contributed by atoms with Crippen LogP contribution in [-0.4, -0.2) is 32.0 Å². The summed E-state index contributed by atoms with van der Waals surface area (Å²) in [4.78, 5) is 16.3. The topological polar surface area (TPSA) is 73.8 Å². The van der Waals surface area contributed by atoms with Crippen LogP contribution < -0.4 is 0 Å². The number of carbonyl (C=O) groups is 1. The maximum atomic E-state index is 13.2. The van der Waals surface area contributed by atoms with Gasteiger partial charge >= 0.3 is 0 Å². The van der Waals surface area contributed by atoms with Crippen LogP contribution in [0.4, 0.5) is 4.39 Å². The molecule has 0 aliphatic carbocycles. The molecule has 0 spiro atoms. The van der Waals surface area contributed by atoms with E-state index in [1.54, 1.807) is 23.8 Å². The van der Waals surface area contributed by atoms with Crippen LogP contribution in [0.25, 0.3) is 11.8 Å². The first-order valence-corrected chi connectivity index (χ1v) is 8.71. The Balaban J connectivity index is 1.78. The highest BCUT2D eigenvalue weighted by Crippen LogP contribution is 2.27. The summed E-state index contributed by atoms with van der Waals surface area (Å²) in [5, 5.41) is 14.0. The van der Waals surface area contributed by atoms with Gasteiger partial charge in [-0.2, -0.15) is 15.1 Å². The number of nitrogens with one attached hydrogen (secondary N) is 1. The quantitative estimate of drug-likeness (QED) is 0.826. The number of amidine groups is 2. The fraction of sp³-hybridized carbons (Fsp3) is 0.111. The monoisotopic (exact) mass is 367 g/mol. The number of rotatable bonds is 2. The molecule has 2 aliphatic heterocycles. The number of hydrazone groups is 1. The van der Waals surface area contributed by atoms with Crippen molar-refractivity contribution in [3.05, 3.63) is 58.7 Å². The molecule has 2 aromatic rings. The highest BCUT2D eigenvalue weighted by atomic mass is 32.2. The lowest BCUT2D eigenvalue weighted by Gasteiger charge is -2.20. The molecule has 0 fully saturated rings. The first-order chi connectivity index (χ1) is 12.5. The number of fused-ring (bicyclic) bond motifs is 1. The Morgan fingerprint density at radius 3 is 2.69 bits per heavy atom. The maximum Gasteiger partial charge on any atom is 0.283 e. The summed E-state index contributed by atoms with van der Waals surface area (Å²) in [5.74, 6) is -0.740. The van der Waals surface area contributed by atoms with Crippen molar-refractivity contribution in [1.29, 1.82) is 5.41 Å². The first-order valence-electron chi connectivity index (χ1n) is 7.83. The second-order valence-corrected chi connectivity index (χ2v) is 6.71. The fourth-order valence-electron chi connectivity index (χ4n) is 3.01. The molecule has 26 heavy (non-hydrogen) atoms. The van der Waals surface area contributed by atoms with Crippen LogP contribution in [0.2, 0.25) is 0 Å². The zero-order valence-corrected chi connectivity index (χ0v) is 14.8. The zero-order chi connectivity index (χ0) is 18.4. The van der Waals surface area contributed by atoms with Crippen LogP contribution in [-0.2, 0) is 4.79 Å². The fourth-order valence-corrected chi connectivity index (χ4v) is 3.62. The van der Waals surface area contributed by atoms with Crippen molar-refractivity contribution in [2.45, 2.75) is 13.8 Å². The molecule has 2 aliphatic rings. The lowest BCUT2D eigenvalue weighted by Crippen LogP contribution is -2.35. The summed E-state index contributed by atoms with van der Waals surface area (Å²) in [6, 6.07) is 8.14. The molecule has 0 saturated heterocycles. The third-order valence-electron chi connectivity index (χ3n) is 4.25. The number of aromatic nitrogens is 1. The molecular weight excluding hydrogens is 353 g/mol. The van der Waals surface area contributed by atoms with E-state index in [1.807, 2.05) is 24.5 Å². The van der Waals surface area contributed by atoms with Gasteiger partial charge in [-0.15, -0.1) is 0 Å². The van der Waals surface area contributed by atoms with Crippen LogP contribution in [0.3, 0.4) is 0 Å². The molecular formula is C18H14FN5OS. The maximum absolute atomic E-state index is 13.2. The molecule has 1 aromatic carbocycles. The van der Waals surface area contributed by atoms with E-state index in [-0.39, 0.29) is 17.2 Å². The van der Waals surface area contributed by atoms with Crippen molar-refractivity contribution in [3.8, 4) is 5.69 Å². The Kier molecular flexibility index (Phi) is 3.84. The van der Waals surface area contributed by atoms with E-state index in [1.165, 1.54) is 28.9 Å². The standard InChI is InChI=1S/C18H14FN5OS/c1-10-7-12(11(2)23(10)14-5-3-13(19)4-6-14)8-15-16(20)24-18(22-17(15)25)26-9-21-24/h3-9,20H,1-2H3. The molecule has 3 heterocycles. The Hall–Kier alpha value is -3.00. The zero-order valence-electron chi connectivity index (χ0n) is 14.0. The van der Waals surface area contributed by atoms with Crippen molar-refractivity contribution in [2.24, 2.45) is 10.1 Å². The van der Waals surface area contributed by atoms with Gasteiger partial charge in [0.15, 0.2) is 11.0 Å². The molecule has 1 amide bonds. The van der Waals surface area contributed by atoms with Gasteiger partial charge in [0.2, 0.25) is 0 Å². The summed E-state index contributed by atoms with van der Waals surface area (Å²) in [6.07, 6.45) is 1.66. The Labute approximate surface area is 153 Å². The molecule has 0 bridgehead atoms. The second-order valence-electron chi connectivity index (χ2n) is 5.89. The molecule has 8 heteroatoms. The number of halogens is 1. The normalized spacial score (nSPS) is 17.9. The molecule has 1 aromatic heterocycles. The number of nitrogens with zero attached hydrogens (tertiary/aromatic N) is 4. The van der Waals surface area contributed by atoms with Gasteiger partial charge in [0, 0.05) is 17.1 Å². The summed E-state index contributed by atoms with van der Waals surface area (Å²) in [5.41, 5.74) is 5.19. The molecule has 0 unspecified atom stereocenters. The molecule has 0 atom stereocenters. The average Bonchev–Trinajstić information content (AvgIpc) is 3.17. The molecule has 0 saturated carbocycles. The van der Waals surface area contributed by atoms with E-state index in [9.17, 15) is 9.18 Å². The predicted molar refractivity (Wildman–Crippen MR) is 101 cm³/mol. The van der Waals surface area contributed by atoms with Crippen molar-refractivity contribution < 1.29 is 9.18 Å². The smallest absolute Gasteiger partial charge is 0.283 e. The summed E-state index contributed by atoms with van der Waals surface area (Å²) in [7, 11) is 0. The van der Waals surface area contributed by atoms with E-state index in [0.717, 1.165) is 22.6 Å². The Morgan fingerprint density at radius 2 is 1.96 bits per heavy atom. The number of hydrogen-bond donors (Lipinski definition) is 1. The van der Waals surface area contributed by atoms with Gasteiger partial charge in [-0.05, 0) is 67.6 Å². The van der Waals surface area contributed by atoms with Crippen LogP contribution >= 0.6 is 11.8 Å². The van der Waals surface area contributed by atoms with Crippen LogP contribution in [0.5, 0.6) is 0 Å². The highest BCUT2D eigenvalue weighted by molar-refractivity contribution is 8.25. The predicted octanol–water partition coefficient (Wildman–Crippen LogP) is 3.48. The van der Waals surface area contributed by atoms with Crippen LogP contribution in [0.1, 0.15) is 17.0 Å². The van der Waals surface area contributed by atoms with Crippen LogP contribution in [0.15, 0.2) is 46.0 Å². The number of thioether (sulfide) groups is 1. The SMILES string of the molecule is Cc1cc(C=C2C(=N)N3N=CSC3=NC2=O)c(C)n1-c1ccc(F)cc1. The Morgan fingerprint density at radius 1 is 1.23 bits per heavy atom. The summed E-state index contributed by atoms with van der Waals surface area (Å²) < 4.78 is 15.2. The van der Waals surface area contributed by atoms with Gasteiger partial charge in [-0.3, -0.25) is 10.2 Å². The minimum Gasteiger partial charge on any atom is -0.318 e. The first kappa shape index (κ1) is 16.5. The van der Waals surface area contributed by atoms with E-state index in [4.69, 9.17) is 5.41 Å². The number of carbonyl (C=O) groups excluding carboxylic acids is 1. The largest absolute Gasteiger partial charge is 0.318 e. The highest BCUT2D eigenvalue weighted by Gasteiger charge is 2.32. The molecule has 1 N–H and O–H groups in total. The summed E-state index contributed by atoms with van der Waals surface area (Å²) in [6.45, 7) is 3.85. The number of hydrogen-bond acceptors (Lipinski definition) is 4. The molecule has 0 radical (unpaired) electrons. The minimum atomic E-state index is -0.453. The Bertz CT molecular complexity index is 1030. The number of benzene rings is 1. The third kappa shape index (κ3) is 2.59. The molecule has 130 valence electrons. The summed E-state index contributed by atoms with van der Waals surface area (Å²) >= 11 is 1.21. The lowest BCUT2D eigenvalue weighted by atomic mass is 10.1. The number of amides is 1. The van der Waals surface area contributed by atoms with Crippen LogP contribution in [0, 0.1) is 25.1 Å². The van der Waals surface area contributed by atoms with E-state index >= 15 is 0 Å². The lowest BCUT2D eigenvalue weighted by molar-refractivity contribution is -0.114. The van der Waals surface area contributed by atoms with Crippen molar-refractivity contribution in [1.82, 2.24) is 9.58 Å². The van der Waals surface area contributed by atoms with Gasteiger partial charge in [0.25, 0.3) is 5.91 Å². The van der Waals surface area contributed by atoms with E-state index in [2.05, 4.69) is 10.1 Å². The van der Waals surface area contributed by atoms with Gasteiger partial charge in [-0.25, -0.2) is 4.39 Å². The third-order valence-corrected chi connectivity index (χ3v) is 4.93. The van der Waals surface area contributed by atoms with Gasteiger partial charge < -0.3 is 4.57 Å². The van der Waals surface area contributed by atoms with Crippen molar-refractivity contribution in [3.63, 3.8) is 0 Å². The van der Waals surface area contributed by atoms with Crippen molar-refractivity contribution in [2.75, 3.05) is 0 Å². The van der Waals surface area contributed by atoms with Crippen molar-refractivity contribution >= 4 is 40.3 Å².